The standard InChI is InChI=1S/C13H20BrN3OS/c1-15-13(16-6-11-5-12(14)19-9-11)17-4-3-10(7-17)8-18-2/h5,9-10H,3-4,6-8H2,1-2H3,(H,15,16). The highest BCUT2D eigenvalue weighted by Crippen LogP contribution is 2.21. The summed E-state index contributed by atoms with van der Waals surface area (Å²) in [6.45, 7) is 3.74. The summed E-state index contributed by atoms with van der Waals surface area (Å²) in [6, 6.07) is 2.14. The SMILES string of the molecule is CN=C(NCc1csc(Br)c1)N1CCC(COC)C1. The van der Waals surface area contributed by atoms with Crippen LogP contribution in [0.15, 0.2) is 20.2 Å². The number of nitrogens with zero attached hydrogens (tertiary/aromatic N) is 2. The highest BCUT2D eigenvalue weighted by atomic mass is 79.9. The lowest BCUT2D eigenvalue weighted by Gasteiger charge is -2.21. The Kier molecular flexibility index (Phi) is 5.66. The van der Waals surface area contributed by atoms with E-state index >= 15 is 0 Å². The quantitative estimate of drug-likeness (QED) is 0.673. The number of rotatable bonds is 4. The third kappa shape index (κ3) is 4.19. The van der Waals surface area contributed by atoms with Crippen molar-refractivity contribution in [3.63, 3.8) is 0 Å². The van der Waals surface area contributed by atoms with Crippen molar-refractivity contribution >= 4 is 33.2 Å². The lowest BCUT2D eigenvalue weighted by molar-refractivity contribution is 0.157. The maximum absolute atomic E-state index is 5.23. The number of ether oxygens (including phenoxy) is 1. The monoisotopic (exact) mass is 345 g/mol. The van der Waals surface area contributed by atoms with Crippen LogP contribution >= 0.6 is 27.3 Å². The molecule has 6 heteroatoms. The maximum atomic E-state index is 5.23. The van der Waals surface area contributed by atoms with Gasteiger partial charge in [-0.3, -0.25) is 4.99 Å². The molecule has 2 heterocycles. The Bertz CT molecular complexity index is 435. The first-order valence-corrected chi connectivity index (χ1v) is 8.07. The van der Waals surface area contributed by atoms with E-state index in [-0.39, 0.29) is 0 Å². The molecule has 2 rings (SSSR count). The van der Waals surface area contributed by atoms with Gasteiger partial charge in [0.1, 0.15) is 0 Å². The van der Waals surface area contributed by atoms with Crippen molar-refractivity contribution in [1.29, 1.82) is 0 Å². The smallest absolute Gasteiger partial charge is 0.193 e. The Morgan fingerprint density at radius 3 is 3.16 bits per heavy atom. The summed E-state index contributed by atoms with van der Waals surface area (Å²) in [6.07, 6.45) is 1.18. The molecule has 106 valence electrons. The van der Waals surface area contributed by atoms with Crippen LogP contribution in [0.1, 0.15) is 12.0 Å². The molecule has 0 radical (unpaired) electrons. The van der Waals surface area contributed by atoms with Gasteiger partial charge in [-0.15, -0.1) is 11.3 Å². The zero-order chi connectivity index (χ0) is 13.7. The molecule has 1 aliphatic heterocycles. The van der Waals surface area contributed by atoms with Gasteiger partial charge in [-0.05, 0) is 39.4 Å². The van der Waals surface area contributed by atoms with Crippen molar-refractivity contribution in [2.75, 3.05) is 33.9 Å². The molecule has 0 spiro atoms. The van der Waals surface area contributed by atoms with Gasteiger partial charge < -0.3 is 15.0 Å². The van der Waals surface area contributed by atoms with E-state index in [0.29, 0.717) is 5.92 Å². The largest absolute Gasteiger partial charge is 0.384 e. The van der Waals surface area contributed by atoms with E-state index < -0.39 is 0 Å². The maximum Gasteiger partial charge on any atom is 0.193 e. The number of hydrogen-bond donors (Lipinski definition) is 1. The molecule has 1 fully saturated rings. The second-order valence-electron chi connectivity index (χ2n) is 4.72. The van der Waals surface area contributed by atoms with Crippen molar-refractivity contribution < 1.29 is 4.74 Å². The number of aliphatic imine (C=N–C) groups is 1. The molecule has 0 aromatic carbocycles. The van der Waals surface area contributed by atoms with Gasteiger partial charge in [0.15, 0.2) is 5.96 Å². The van der Waals surface area contributed by atoms with Crippen LogP contribution in [0, 0.1) is 5.92 Å². The fraction of sp³-hybridized carbons (Fsp3) is 0.615. The van der Waals surface area contributed by atoms with E-state index in [9.17, 15) is 0 Å². The van der Waals surface area contributed by atoms with Crippen LogP contribution in [-0.4, -0.2) is 44.7 Å². The van der Waals surface area contributed by atoms with Gasteiger partial charge in [-0.2, -0.15) is 0 Å². The normalized spacial score (nSPS) is 20.1. The molecule has 1 unspecified atom stereocenters. The zero-order valence-electron chi connectivity index (χ0n) is 11.4. The molecule has 0 aliphatic carbocycles. The molecular formula is C13H20BrN3OS. The van der Waals surface area contributed by atoms with Crippen LogP contribution in [0.4, 0.5) is 0 Å². The van der Waals surface area contributed by atoms with Crippen LogP contribution in [0.5, 0.6) is 0 Å². The summed E-state index contributed by atoms with van der Waals surface area (Å²) < 4.78 is 6.40. The van der Waals surface area contributed by atoms with Gasteiger partial charge >= 0.3 is 0 Å². The molecular weight excluding hydrogens is 326 g/mol. The van der Waals surface area contributed by atoms with Crippen molar-refractivity contribution in [2.45, 2.75) is 13.0 Å². The van der Waals surface area contributed by atoms with E-state index in [4.69, 9.17) is 4.74 Å². The number of nitrogens with one attached hydrogen (secondary N) is 1. The van der Waals surface area contributed by atoms with Crippen molar-refractivity contribution in [2.24, 2.45) is 10.9 Å². The Morgan fingerprint density at radius 1 is 1.68 bits per heavy atom. The summed E-state index contributed by atoms with van der Waals surface area (Å²) >= 11 is 5.19. The van der Waals surface area contributed by atoms with Crippen molar-refractivity contribution in [3.05, 3.63) is 20.8 Å². The molecule has 1 N–H and O–H groups in total. The lowest BCUT2D eigenvalue weighted by atomic mass is 10.1. The molecule has 0 amide bonds. The summed E-state index contributed by atoms with van der Waals surface area (Å²) in [7, 11) is 3.61. The first kappa shape index (κ1) is 14.8. The van der Waals surface area contributed by atoms with Crippen LogP contribution in [-0.2, 0) is 11.3 Å². The molecule has 19 heavy (non-hydrogen) atoms. The number of thiophene rings is 1. The minimum atomic E-state index is 0.624. The molecule has 1 aliphatic rings. The van der Waals surface area contributed by atoms with Crippen LogP contribution in [0.3, 0.4) is 0 Å². The second kappa shape index (κ2) is 7.26. The van der Waals surface area contributed by atoms with Crippen molar-refractivity contribution in [3.8, 4) is 0 Å². The van der Waals surface area contributed by atoms with Crippen molar-refractivity contribution in [1.82, 2.24) is 10.2 Å². The van der Waals surface area contributed by atoms with Crippen LogP contribution < -0.4 is 5.32 Å². The number of likely N-dealkylation sites (tertiary alicyclic amines) is 1. The van der Waals surface area contributed by atoms with E-state index in [1.807, 2.05) is 7.05 Å². The summed E-state index contributed by atoms with van der Waals surface area (Å²) in [4.78, 5) is 6.68. The molecule has 1 saturated heterocycles. The van der Waals surface area contributed by atoms with E-state index in [1.54, 1.807) is 18.4 Å². The summed E-state index contributed by atoms with van der Waals surface area (Å²) in [5.74, 6) is 1.61. The second-order valence-corrected chi connectivity index (χ2v) is 7.01. The predicted molar refractivity (Wildman–Crippen MR) is 83.8 cm³/mol. The van der Waals surface area contributed by atoms with Crippen LogP contribution in [0.25, 0.3) is 0 Å². The number of methoxy groups -OCH3 is 1. The highest BCUT2D eigenvalue weighted by molar-refractivity contribution is 9.11. The molecule has 1 aromatic heterocycles. The summed E-state index contributed by atoms with van der Waals surface area (Å²) in [5.41, 5.74) is 1.28. The lowest BCUT2D eigenvalue weighted by Crippen LogP contribution is -2.39. The topological polar surface area (TPSA) is 36.9 Å². The van der Waals surface area contributed by atoms with Gasteiger partial charge in [-0.25, -0.2) is 0 Å². The Labute approximate surface area is 127 Å². The minimum absolute atomic E-state index is 0.624. The van der Waals surface area contributed by atoms with Gasteiger partial charge in [0.25, 0.3) is 0 Å². The average Bonchev–Trinajstić information content (AvgIpc) is 3.01. The summed E-state index contributed by atoms with van der Waals surface area (Å²) in [5, 5.41) is 5.58. The van der Waals surface area contributed by atoms with E-state index in [2.05, 4.69) is 42.6 Å². The van der Waals surface area contributed by atoms with Gasteiger partial charge in [-0.1, -0.05) is 0 Å². The minimum Gasteiger partial charge on any atom is -0.384 e. The highest BCUT2D eigenvalue weighted by Gasteiger charge is 2.24. The third-order valence-corrected chi connectivity index (χ3v) is 4.83. The molecule has 1 atom stereocenters. The molecule has 0 bridgehead atoms. The van der Waals surface area contributed by atoms with Gasteiger partial charge in [0.05, 0.1) is 10.4 Å². The number of hydrogen-bond acceptors (Lipinski definition) is 3. The zero-order valence-corrected chi connectivity index (χ0v) is 13.8. The predicted octanol–water partition coefficient (Wildman–Crippen LogP) is 2.55. The van der Waals surface area contributed by atoms with E-state index in [0.717, 1.165) is 32.2 Å². The van der Waals surface area contributed by atoms with Gasteiger partial charge in [0.2, 0.25) is 0 Å². The number of halogens is 1. The van der Waals surface area contributed by atoms with E-state index in [1.165, 1.54) is 15.8 Å². The molecule has 1 aromatic rings. The fourth-order valence-corrected chi connectivity index (χ4v) is 3.56. The molecule has 4 nitrogen and oxygen atoms in total. The Balaban J connectivity index is 1.84. The first-order chi connectivity index (χ1) is 9.22. The average molecular weight is 346 g/mol. The Hall–Kier alpha value is -0.590. The van der Waals surface area contributed by atoms with Gasteiger partial charge in [0, 0.05) is 39.7 Å². The fourth-order valence-electron chi connectivity index (χ4n) is 2.35. The first-order valence-electron chi connectivity index (χ1n) is 6.40. The molecule has 0 saturated carbocycles. The van der Waals surface area contributed by atoms with Crippen LogP contribution in [0.2, 0.25) is 0 Å². The third-order valence-electron chi connectivity index (χ3n) is 3.27. The number of guanidine groups is 1. The Morgan fingerprint density at radius 2 is 2.53 bits per heavy atom.